The maximum atomic E-state index is 13.8. The van der Waals surface area contributed by atoms with Crippen LogP contribution in [0.1, 0.15) is 68.1 Å². The van der Waals surface area contributed by atoms with Gasteiger partial charge < -0.3 is 14.4 Å². The summed E-state index contributed by atoms with van der Waals surface area (Å²) in [5, 5.41) is 0.681. The van der Waals surface area contributed by atoms with Crippen LogP contribution >= 0.6 is 34.2 Å². The van der Waals surface area contributed by atoms with Gasteiger partial charge in [-0.2, -0.15) is 0 Å². The fourth-order valence-electron chi connectivity index (χ4n) is 6.60. The average molecular weight is 708 g/mol. The molecule has 0 aromatic heterocycles. The Kier molecular flexibility index (Phi) is 9.24. The van der Waals surface area contributed by atoms with Crippen molar-refractivity contribution in [3.63, 3.8) is 0 Å². The van der Waals surface area contributed by atoms with Crippen LogP contribution in [0.25, 0.3) is 0 Å². The molecule has 3 aliphatic rings. The van der Waals surface area contributed by atoms with E-state index in [1.54, 1.807) is 0 Å². The first kappa shape index (κ1) is 29.9. The number of benzene rings is 3. The summed E-state index contributed by atoms with van der Waals surface area (Å²) in [6.07, 6.45) is 5.23. The Labute approximate surface area is 272 Å². The van der Waals surface area contributed by atoms with Gasteiger partial charge in [-0.25, -0.2) is 0 Å². The summed E-state index contributed by atoms with van der Waals surface area (Å²) in [4.78, 5) is 29.9. The van der Waals surface area contributed by atoms with Gasteiger partial charge in [0.25, 0.3) is 0 Å². The van der Waals surface area contributed by atoms with E-state index in [4.69, 9.17) is 21.1 Å². The van der Waals surface area contributed by atoms with Crippen LogP contribution in [0.3, 0.4) is 0 Å². The zero-order valence-corrected chi connectivity index (χ0v) is 27.2. The van der Waals surface area contributed by atoms with E-state index in [9.17, 15) is 9.59 Å². The SMILES string of the molecule is CCOc1cc(C2C3=C(CCCC3=O)N(CCc3ccccc3)C3=C2C(=O)CCC3)cc(I)c1OCc1ccc(Cl)cc1. The third-order valence-electron chi connectivity index (χ3n) is 8.51. The molecule has 0 radical (unpaired) electrons. The van der Waals surface area contributed by atoms with E-state index in [0.717, 1.165) is 75.9 Å². The number of hydrogen-bond donors (Lipinski definition) is 0. The van der Waals surface area contributed by atoms with Gasteiger partial charge in [-0.15, -0.1) is 0 Å². The van der Waals surface area contributed by atoms with E-state index in [1.165, 1.54) is 5.56 Å². The molecule has 0 N–H and O–H groups in total. The highest BCUT2D eigenvalue weighted by Crippen LogP contribution is 2.50. The van der Waals surface area contributed by atoms with Crippen molar-refractivity contribution in [1.82, 2.24) is 4.90 Å². The highest BCUT2D eigenvalue weighted by Gasteiger charge is 2.43. The number of hydrogen-bond acceptors (Lipinski definition) is 5. The Morgan fingerprint density at radius 1 is 0.837 bits per heavy atom. The molecule has 222 valence electrons. The molecule has 43 heavy (non-hydrogen) atoms. The minimum Gasteiger partial charge on any atom is -0.490 e. The number of carbonyl (C=O) groups is 2. The van der Waals surface area contributed by atoms with E-state index < -0.39 is 5.92 Å². The number of rotatable bonds is 9. The highest BCUT2D eigenvalue weighted by molar-refractivity contribution is 14.1. The second-order valence-corrected chi connectivity index (χ2v) is 12.9. The molecule has 3 aromatic rings. The average Bonchev–Trinajstić information content (AvgIpc) is 3.01. The summed E-state index contributed by atoms with van der Waals surface area (Å²) in [5.41, 5.74) is 6.95. The van der Waals surface area contributed by atoms with Crippen molar-refractivity contribution >= 4 is 45.8 Å². The van der Waals surface area contributed by atoms with Crippen LogP contribution in [0.2, 0.25) is 5.02 Å². The number of halogens is 2. The topological polar surface area (TPSA) is 55.8 Å². The maximum absolute atomic E-state index is 13.8. The maximum Gasteiger partial charge on any atom is 0.174 e. The summed E-state index contributed by atoms with van der Waals surface area (Å²) >= 11 is 8.35. The lowest BCUT2D eigenvalue weighted by Crippen LogP contribution is -2.40. The molecular formula is C36H35ClINO4. The fourth-order valence-corrected chi connectivity index (χ4v) is 7.51. The van der Waals surface area contributed by atoms with Gasteiger partial charge in [0.15, 0.2) is 23.1 Å². The number of carbonyl (C=O) groups excluding carboxylic acids is 2. The predicted molar refractivity (Wildman–Crippen MR) is 177 cm³/mol. The van der Waals surface area contributed by atoms with Gasteiger partial charge in [-0.05, 0) is 103 Å². The molecular weight excluding hydrogens is 673 g/mol. The lowest BCUT2D eigenvalue weighted by atomic mass is 9.71. The molecule has 0 spiro atoms. The molecule has 3 aromatic carbocycles. The van der Waals surface area contributed by atoms with Crippen LogP contribution in [-0.4, -0.2) is 29.6 Å². The van der Waals surface area contributed by atoms with Crippen molar-refractivity contribution < 1.29 is 19.1 Å². The lowest BCUT2D eigenvalue weighted by molar-refractivity contribution is -0.117. The smallest absolute Gasteiger partial charge is 0.174 e. The molecule has 2 aliphatic carbocycles. The van der Waals surface area contributed by atoms with Gasteiger partial charge in [-0.3, -0.25) is 9.59 Å². The first-order chi connectivity index (χ1) is 20.9. The molecule has 0 atom stereocenters. The third kappa shape index (κ3) is 6.27. The van der Waals surface area contributed by atoms with Crippen LogP contribution in [0, 0.1) is 3.57 Å². The molecule has 1 heterocycles. The van der Waals surface area contributed by atoms with Crippen molar-refractivity contribution in [2.24, 2.45) is 0 Å². The first-order valence-electron chi connectivity index (χ1n) is 15.1. The van der Waals surface area contributed by atoms with E-state index in [2.05, 4.69) is 57.8 Å². The molecule has 5 nitrogen and oxygen atoms in total. The second-order valence-electron chi connectivity index (χ2n) is 11.3. The van der Waals surface area contributed by atoms with E-state index >= 15 is 0 Å². The van der Waals surface area contributed by atoms with Gasteiger partial charge in [-0.1, -0.05) is 54.1 Å². The Balaban J connectivity index is 1.41. The van der Waals surface area contributed by atoms with Crippen LogP contribution < -0.4 is 9.47 Å². The summed E-state index contributed by atoms with van der Waals surface area (Å²) < 4.78 is 13.3. The van der Waals surface area contributed by atoms with Crippen LogP contribution in [0.15, 0.2) is 89.3 Å². The Morgan fingerprint density at radius 2 is 1.49 bits per heavy atom. The number of ether oxygens (including phenoxy) is 2. The Hall–Kier alpha value is -3.10. The third-order valence-corrected chi connectivity index (χ3v) is 9.57. The van der Waals surface area contributed by atoms with Crippen molar-refractivity contribution in [1.29, 1.82) is 0 Å². The molecule has 0 unspecified atom stereocenters. The summed E-state index contributed by atoms with van der Waals surface area (Å²) in [6.45, 7) is 3.54. The second kappa shape index (κ2) is 13.3. The predicted octanol–water partition coefficient (Wildman–Crippen LogP) is 8.58. The number of allylic oxidation sites excluding steroid dienone is 4. The van der Waals surface area contributed by atoms with Crippen molar-refractivity contribution in [3.8, 4) is 11.5 Å². The van der Waals surface area contributed by atoms with Crippen molar-refractivity contribution in [3.05, 3.63) is 115 Å². The molecule has 0 bridgehead atoms. The molecule has 0 saturated heterocycles. The minimum atomic E-state index is -0.392. The first-order valence-corrected chi connectivity index (χ1v) is 16.6. The highest BCUT2D eigenvalue weighted by atomic mass is 127. The van der Waals surface area contributed by atoms with E-state index in [-0.39, 0.29) is 11.6 Å². The molecule has 1 aliphatic heterocycles. The molecule has 0 fully saturated rings. The van der Waals surface area contributed by atoms with Crippen LogP contribution in [0.4, 0.5) is 0 Å². The standard InChI is InChI=1S/C36H35ClINO4/c1-2-42-32-21-25(20-27(38)36(32)43-22-24-14-16-26(37)17-15-24)33-34-28(10-6-12-30(34)40)39(19-18-23-8-4-3-5-9-23)29-11-7-13-31(41)35(29)33/h3-5,8-9,14-17,20-21,33H,2,6-7,10-13,18-19,22H2,1H3. The minimum absolute atomic E-state index is 0.150. The van der Waals surface area contributed by atoms with Crippen LogP contribution in [0.5, 0.6) is 11.5 Å². The zero-order valence-electron chi connectivity index (χ0n) is 24.3. The monoisotopic (exact) mass is 707 g/mol. The molecule has 0 amide bonds. The van der Waals surface area contributed by atoms with Crippen molar-refractivity contribution in [2.75, 3.05) is 13.2 Å². The Morgan fingerprint density at radius 3 is 2.12 bits per heavy atom. The zero-order chi connectivity index (χ0) is 29.9. The van der Waals surface area contributed by atoms with Gasteiger partial charge in [0.2, 0.25) is 0 Å². The molecule has 6 rings (SSSR count). The summed E-state index contributed by atoms with van der Waals surface area (Å²) in [5.74, 6) is 1.20. The summed E-state index contributed by atoms with van der Waals surface area (Å²) in [7, 11) is 0. The Bertz CT molecular complexity index is 1550. The van der Waals surface area contributed by atoms with Gasteiger partial charge in [0.1, 0.15) is 6.61 Å². The number of Topliss-reactive ketones (excluding diaryl/α,β-unsaturated/α-hetero) is 2. The van der Waals surface area contributed by atoms with Gasteiger partial charge in [0, 0.05) is 52.9 Å². The summed E-state index contributed by atoms with van der Waals surface area (Å²) in [6, 6.07) is 22.1. The molecule has 0 saturated carbocycles. The fraction of sp³-hybridized carbons (Fsp3) is 0.333. The van der Waals surface area contributed by atoms with Gasteiger partial charge >= 0.3 is 0 Å². The van der Waals surface area contributed by atoms with Gasteiger partial charge in [0.05, 0.1) is 10.2 Å². The van der Waals surface area contributed by atoms with E-state index in [0.29, 0.717) is 42.6 Å². The number of nitrogens with zero attached hydrogens (tertiary/aromatic N) is 1. The van der Waals surface area contributed by atoms with Crippen LogP contribution in [-0.2, 0) is 22.6 Å². The van der Waals surface area contributed by atoms with E-state index in [1.807, 2.05) is 43.3 Å². The quantitative estimate of drug-likeness (QED) is 0.209. The normalized spacial score (nSPS) is 17.2. The number of ketones is 2. The lowest BCUT2D eigenvalue weighted by Gasteiger charge is -2.44. The molecule has 7 heteroatoms. The largest absolute Gasteiger partial charge is 0.490 e. The van der Waals surface area contributed by atoms with Crippen molar-refractivity contribution in [2.45, 2.75) is 64.4 Å².